The lowest BCUT2D eigenvalue weighted by molar-refractivity contribution is -0.147. The first-order chi connectivity index (χ1) is 16.3. The van der Waals surface area contributed by atoms with E-state index in [1.807, 2.05) is 4.90 Å². The highest BCUT2D eigenvalue weighted by Crippen LogP contribution is 2.35. The van der Waals surface area contributed by atoms with Gasteiger partial charge in [-0.1, -0.05) is 41.9 Å². The van der Waals surface area contributed by atoms with Crippen molar-refractivity contribution in [2.45, 2.75) is 17.7 Å². The number of hydrogen-bond donors (Lipinski definition) is 1. The zero-order chi connectivity index (χ0) is 24.7. The summed E-state index contributed by atoms with van der Waals surface area (Å²) in [7, 11) is 2.85. The van der Waals surface area contributed by atoms with Crippen molar-refractivity contribution < 1.29 is 29.0 Å². The summed E-state index contributed by atoms with van der Waals surface area (Å²) >= 11 is 7.76. The van der Waals surface area contributed by atoms with Gasteiger partial charge >= 0.3 is 11.9 Å². The van der Waals surface area contributed by atoms with Crippen molar-refractivity contribution in [3.8, 4) is 5.75 Å². The second kappa shape index (κ2) is 12.1. The molecule has 0 amide bonds. The molecule has 2 atom stereocenters. The van der Waals surface area contributed by atoms with Crippen LogP contribution in [0.2, 0.25) is 5.02 Å². The molecule has 0 saturated carbocycles. The van der Waals surface area contributed by atoms with E-state index >= 15 is 0 Å². The first-order valence-electron chi connectivity index (χ1n) is 10.6. The molecule has 1 fully saturated rings. The van der Waals surface area contributed by atoms with E-state index in [0.717, 1.165) is 0 Å². The molecule has 0 spiro atoms. The Kier molecular flexibility index (Phi) is 9.15. The number of halogens is 1. The lowest BCUT2D eigenvalue weighted by Gasteiger charge is -2.38. The van der Waals surface area contributed by atoms with Crippen molar-refractivity contribution in [3.63, 3.8) is 0 Å². The van der Waals surface area contributed by atoms with Crippen LogP contribution < -0.4 is 4.74 Å². The summed E-state index contributed by atoms with van der Waals surface area (Å²) in [6, 6.07) is 13.2. The number of carbonyl (C=O) groups is 3. The number of ketones is 1. The predicted molar refractivity (Wildman–Crippen MR) is 132 cm³/mol. The maximum Gasteiger partial charge on any atom is 0.328 e. The summed E-state index contributed by atoms with van der Waals surface area (Å²) in [6.45, 7) is 0.745. The van der Waals surface area contributed by atoms with Crippen LogP contribution in [0, 0.1) is 0 Å². The van der Waals surface area contributed by atoms with Crippen LogP contribution in [0.4, 0.5) is 0 Å². The fourth-order valence-corrected chi connectivity index (χ4v) is 5.32. The lowest BCUT2D eigenvalue weighted by atomic mass is 9.98. The number of thioether (sulfide) groups is 1. The average Bonchev–Trinajstić information content (AvgIpc) is 2.84. The Balaban J connectivity index is 1.77. The minimum atomic E-state index is -1.08. The largest absolute Gasteiger partial charge is 0.497 e. The van der Waals surface area contributed by atoms with Gasteiger partial charge in [0.25, 0.3) is 0 Å². The van der Waals surface area contributed by atoms with Crippen LogP contribution in [0.5, 0.6) is 5.75 Å². The zero-order valence-corrected chi connectivity index (χ0v) is 20.5. The number of carboxylic acids is 1. The van der Waals surface area contributed by atoms with E-state index in [2.05, 4.69) is 0 Å². The van der Waals surface area contributed by atoms with Crippen molar-refractivity contribution in [3.05, 3.63) is 76.3 Å². The van der Waals surface area contributed by atoms with E-state index in [-0.39, 0.29) is 23.3 Å². The van der Waals surface area contributed by atoms with Crippen LogP contribution in [-0.2, 0) is 14.3 Å². The number of carboxylic acid groups (broad SMARTS) is 1. The first kappa shape index (κ1) is 25.8. The van der Waals surface area contributed by atoms with Gasteiger partial charge in [-0.25, -0.2) is 9.59 Å². The average molecular weight is 504 g/mol. The Morgan fingerprint density at radius 2 is 1.97 bits per heavy atom. The van der Waals surface area contributed by atoms with Crippen LogP contribution in [-0.4, -0.2) is 66.0 Å². The van der Waals surface area contributed by atoms with Gasteiger partial charge in [-0.15, -0.1) is 11.8 Å². The maximum atomic E-state index is 12.7. The Bertz CT molecular complexity index is 1090. The van der Waals surface area contributed by atoms with Crippen molar-refractivity contribution in [2.75, 3.05) is 33.1 Å². The lowest BCUT2D eigenvalue weighted by Crippen LogP contribution is -2.43. The van der Waals surface area contributed by atoms with Crippen LogP contribution in [0.3, 0.4) is 0 Å². The van der Waals surface area contributed by atoms with Crippen molar-refractivity contribution in [1.82, 2.24) is 4.90 Å². The Morgan fingerprint density at radius 1 is 1.21 bits per heavy atom. The highest BCUT2D eigenvalue weighted by Gasteiger charge is 2.35. The Hall–Kier alpha value is -2.81. The zero-order valence-electron chi connectivity index (χ0n) is 18.9. The van der Waals surface area contributed by atoms with Gasteiger partial charge in [-0.05, 0) is 35.8 Å². The molecule has 0 bridgehead atoms. The number of nitrogens with zero attached hydrogens (tertiary/aromatic N) is 1. The molecule has 0 aliphatic carbocycles. The smallest absolute Gasteiger partial charge is 0.328 e. The van der Waals surface area contributed by atoms with Crippen LogP contribution in [0.1, 0.15) is 28.4 Å². The fourth-order valence-electron chi connectivity index (χ4n) is 3.93. The molecular formula is C25H26ClNO6S. The van der Waals surface area contributed by atoms with E-state index in [9.17, 15) is 19.5 Å². The molecule has 2 aromatic rings. The highest BCUT2D eigenvalue weighted by molar-refractivity contribution is 8.00. The molecule has 34 heavy (non-hydrogen) atoms. The van der Waals surface area contributed by atoms with E-state index in [4.69, 9.17) is 21.1 Å². The minimum Gasteiger partial charge on any atom is -0.497 e. The number of ether oxygens (including phenoxy) is 2. The molecule has 3 rings (SSSR count). The first-order valence-corrected chi connectivity index (χ1v) is 12.0. The van der Waals surface area contributed by atoms with Gasteiger partial charge in [0.15, 0.2) is 5.78 Å². The maximum absolute atomic E-state index is 12.7. The van der Waals surface area contributed by atoms with Crippen LogP contribution in [0.25, 0.3) is 0 Å². The van der Waals surface area contributed by atoms with E-state index < -0.39 is 18.0 Å². The standard InChI is InChI=1S/C25H26ClNO6S/c1-32-18-7-5-6-16(12-18)21(28)15-34-22-10-11-27(14-17(22)13-23(29)30)24(25(31)33-2)19-8-3-4-9-20(19)26/h3-9,12-13,22,24H,10-11,14-15H2,1-2H3,(H,29,30)/b17-13+/t22-,24+/m1/s1. The normalized spacial score (nSPS) is 18.3. The molecule has 1 aliphatic heterocycles. The minimum absolute atomic E-state index is 0.0653. The quantitative estimate of drug-likeness (QED) is 0.308. The number of piperidine rings is 1. The molecule has 1 aliphatic rings. The second-order valence-electron chi connectivity index (χ2n) is 7.72. The van der Waals surface area contributed by atoms with Gasteiger partial charge < -0.3 is 14.6 Å². The molecule has 9 heteroatoms. The molecule has 1 heterocycles. The summed E-state index contributed by atoms with van der Waals surface area (Å²) in [6.07, 6.45) is 1.73. The predicted octanol–water partition coefficient (Wildman–Crippen LogP) is 4.26. The summed E-state index contributed by atoms with van der Waals surface area (Å²) < 4.78 is 10.2. The summed E-state index contributed by atoms with van der Waals surface area (Å²) in [5.74, 6) is -0.815. The van der Waals surface area contributed by atoms with Gasteiger partial charge in [0.2, 0.25) is 0 Å². The van der Waals surface area contributed by atoms with E-state index in [0.29, 0.717) is 40.4 Å². The number of rotatable bonds is 9. The number of hydrogen-bond acceptors (Lipinski definition) is 7. The number of carbonyl (C=O) groups excluding carboxylic acids is 2. The number of aliphatic carboxylic acids is 1. The number of esters is 1. The fraction of sp³-hybridized carbons (Fsp3) is 0.320. The third kappa shape index (κ3) is 6.40. The van der Waals surface area contributed by atoms with Gasteiger partial charge in [0, 0.05) is 35.0 Å². The monoisotopic (exact) mass is 503 g/mol. The topological polar surface area (TPSA) is 93.1 Å². The van der Waals surface area contributed by atoms with Gasteiger partial charge in [0.05, 0.1) is 20.0 Å². The summed E-state index contributed by atoms with van der Waals surface area (Å²) in [5, 5.41) is 9.70. The SMILES string of the molecule is COC(=O)[C@H](c1ccccc1Cl)N1CC[C@@H](SCC(=O)c2cccc(OC)c2)/C(=C/C(=O)O)C1. The number of Topliss-reactive ketones (excluding diaryl/α,β-unsaturated/α-hetero) is 1. The van der Waals surface area contributed by atoms with E-state index in [1.54, 1.807) is 55.6 Å². The highest BCUT2D eigenvalue weighted by atomic mass is 35.5. The number of benzene rings is 2. The summed E-state index contributed by atoms with van der Waals surface area (Å²) in [5.41, 5.74) is 1.77. The third-order valence-electron chi connectivity index (χ3n) is 5.58. The second-order valence-corrected chi connectivity index (χ2v) is 9.32. The van der Waals surface area contributed by atoms with Crippen molar-refractivity contribution >= 4 is 41.1 Å². The van der Waals surface area contributed by atoms with Gasteiger partial charge in [0.1, 0.15) is 11.8 Å². The molecule has 0 radical (unpaired) electrons. The molecule has 1 saturated heterocycles. The van der Waals surface area contributed by atoms with E-state index in [1.165, 1.54) is 24.9 Å². The Morgan fingerprint density at radius 3 is 2.65 bits per heavy atom. The summed E-state index contributed by atoms with van der Waals surface area (Å²) in [4.78, 5) is 38.8. The Labute approximate surface area is 207 Å². The number of likely N-dealkylation sites (tertiary alicyclic amines) is 1. The molecular weight excluding hydrogens is 478 g/mol. The molecule has 180 valence electrons. The molecule has 2 aromatic carbocycles. The van der Waals surface area contributed by atoms with Crippen molar-refractivity contribution in [1.29, 1.82) is 0 Å². The molecule has 1 N–H and O–H groups in total. The third-order valence-corrected chi connectivity index (χ3v) is 7.30. The number of methoxy groups -OCH3 is 2. The van der Waals surface area contributed by atoms with Gasteiger partial charge in [-0.3, -0.25) is 9.69 Å². The van der Waals surface area contributed by atoms with Crippen molar-refractivity contribution in [2.24, 2.45) is 0 Å². The molecule has 7 nitrogen and oxygen atoms in total. The van der Waals surface area contributed by atoms with Crippen LogP contribution >= 0.6 is 23.4 Å². The van der Waals surface area contributed by atoms with Crippen LogP contribution in [0.15, 0.2) is 60.2 Å². The van der Waals surface area contributed by atoms with Gasteiger partial charge in [-0.2, -0.15) is 0 Å². The molecule has 0 aromatic heterocycles. The molecule has 0 unspecified atom stereocenters.